The number of ether oxygens (including phenoxy) is 1. The number of hydrogen-bond donors (Lipinski definition) is 1. The first kappa shape index (κ1) is 14.2. The zero-order chi connectivity index (χ0) is 12.0. The van der Waals surface area contributed by atoms with E-state index >= 15 is 0 Å². The van der Waals surface area contributed by atoms with E-state index in [-0.39, 0.29) is 6.10 Å². The molecule has 0 amide bonds. The van der Waals surface area contributed by atoms with Gasteiger partial charge in [0, 0.05) is 22.4 Å². The summed E-state index contributed by atoms with van der Waals surface area (Å²) in [7, 11) is 0. The van der Waals surface area contributed by atoms with Gasteiger partial charge in [0.25, 0.3) is 0 Å². The fourth-order valence-corrected chi connectivity index (χ4v) is 3.24. The minimum Gasteiger partial charge on any atom is -0.390 e. The van der Waals surface area contributed by atoms with Gasteiger partial charge in [-0.25, -0.2) is 0 Å². The van der Waals surface area contributed by atoms with Gasteiger partial charge in [-0.1, -0.05) is 13.3 Å². The van der Waals surface area contributed by atoms with Crippen molar-refractivity contribution in [1.82, 2.24) is 0 Å². The van der Waals surface area contributed by atoms with Crippen molar-refractivity contribution in [2.45, 2.75) is 45.3 Å². The maximum Gasteiger partial charge on any atom is 0.0850 e. The molecule has 16 heavy (non-hydrogen) atoms. The molecule has 0 aliphatic heterocycles. The number of halogens is 1. The monoisotopic (exact) mass is 306 g/mol. The molecule has 1 heterocycles. The van der Waals surface area contributed by atoms with Crippen molar-refractivity contribution in [2.24, 2.45) is 0 Å². The lowest BCUT2D eigenvalue weighted by molar-refractivity contribution is -0.0360. The topological polar surface area (TPSA) is 29.5 Å². The maximum atomic E-state index is 10.1. The molecule has 2 unspecified atom stereocenters. The van der Waals surface area contributed by atoms with Crippen LogP contribution in [0, 0.1) is 0 Å². The molecule has 0 radical (unpaired) electrons. The van der Waals surface area contributed by atoms with Gasteiger partial charge in [0.1, 0.15) is 0 Å². The Morgan fingerprint density at radius 1 is 1.50 bits per heavy atom. The summed E-state index contributed by atoms with van der Waals surface area (Å²) in [6, 6.07) is 2.02. The van der Waals surface area contributed by atoms with Gasteiger partial charge < -0.3 is 9.84 Å². The van der Waals surface area contributed by atoms with Crippen LogP contribution in [0.25, 0.3) is 0 Å². The fourth-order valence-electron chi connectivity index (χ4n) is 1.68. The molecule has 0 fully saturated rings. The Labute approximate surface area is 110 Å². The van der Waals surface area contributed by atoms with Crippen molar-refractivity contribution in [3.8, 4) is 0 Å². The van der Waals surface area contributed by atoms with Crippen LogP contribution in [0.15, 0.2) is 15.9 Å². The van der Waals surface area contributed by atoms with E-state index in [0.29, 0.717) is 13.0 Å². The van der Waals surface area contributed by atoms with Crippen LogP contribution in [0.5, 0.6) is 0 Å². The molecule has 92 valence electrons. The molecule has 2 nitrogen and oxygen atoms in total. The van der Waals surface area contributed by atoms with Crippen LogP contribution in [-0.4, -0.2) is 23.9 Å². The SMILES string of the molecule is CCCC(OCC)C(O)Cc1sccc1Br. The molecule has 1 aromatic rings. The van der Waals surface area contributed by atoms with E-state index in [0.717, 1.165) is 17.3 Å². The van der Waals surface area contributed by atoms with Crippen molar-refractivity contribution in [2.75, 3.05) is 6.61 Å². The fraction of sp³-hybridized carbons (Fsp3) is 0.667. The molecule has 0 aliphatic carbocycles. The van der Waals surface area contributed by atoms with Crippen molar-refractivity contribution in [1.29, 1.82) is 0 Å². The second-order valence-electron chi connectivity index (χ2n) is 3.75. The molecule has 1 rings (SSSR count). The lowest BCUT2D eigenvalue weighted by Crippen LogP contribution is -2.30. The van der Waals surface area contributed by atoms with Gasteiger partial charge in [-0.05, 0) is 40.7 Å². The second kappa shape index (κ2) is 7.43. The van der Waals surface area contributed by atoms with Crippen molar-refractivity contribution in [3.05, 3.63) is 20.8 Å². The summed E-state index contributed by atoms with van der Waals surface area (Å²) in [6.07, 6.45) is 2.17. The predicted octanol–water partition coefficient (Wildman–Crippen LogP) is 3.62. The molecule has 0 aromatic carbocycles. The lowest BCUT2D eigenvalue weighted by atomic mass is 10.1. The predicted molar refractivity (Wildman–Crippen MR) is 72.1 cm³/mol. The molecule has 1 N–H and O–H groups in total. The van der Waals surface area contributed by atoms with Crippen LogP contribution in [0.1, 0.15) is 31.6 Å². The first-order valence-electron chi connectivity index (χ1n) is 5.70. The Bertz CT molecular complexity index is 295. The average molecular weight is 307 g/mol. The number of aliphatic hydroxyl groups is 1. The van der Waals surface area contributed by atoms with Crippen molar-refractivity contribution in [3.63, 3.8) is 0 Å². The molecule has 2 atom stereocenters. The summed E-state index contributed by atoms with van der Waals surface area (Å²) in [5.74, 6) is 0. The van der Waals surface area contributed by atoms with Crippen molar-refractivity contribution < 1.29 is 9.84 Å². The van der Waals surface area contributed by atoms with Crippen LogP contribution in [0.2, 0.25) is 0 Å². The summed E-state index contributed by atoms with van der Waals surface area (Å²) in [6.45, 7) is 4.74. The minimum atomic E-state index is -0.408. The number of rotatable bonds is 7. The van der Waals surface area contributed by atoms with Gasteiger partial charge in [0.05, 0.1) is 12.2 Å². The molecule has 0 aliphatic rings. The molecular formula is C12H19BrO2S. The van der Waals surface area contributed by atoms with Crippen LogP contribution in [0.3, 0.4) is 0 Å². The van der Waals surface area contributed by atoms with Crippen LogP contribution in [0.4, 0.5) is 0 Å². The number of aliphatic hydroxyl groups excluding tert-OH is 1. The van der Waals surface area contributed by atoms with E-state index in [4.69, 9.17) is 4.74 Å². The van der Waals surface area contributed by atoms with Crippen LogP contribution >= 0.6 is 27.3 Å². The summed E-state index contributed by atoms with van der Waals surface area (Å²) >= 11 is 5.15. The van der Waals surface area contributed by atoms with Gasteiger partial charge in [-0.2, -0.15) is 0 Å². The van der Waals surface area contributed by atoms with E-state index < -0.39 is 6.10 Å². The highest BCUT2D eigenvalue weighted by atomic mass is 79.9. The normalized spacial score (nSPS) is 15.0. The Kier molecular flexibility index (Phi) is 6.58. The van der Waals surface area contributed by atoms with E-state index in [9.17, 15) is 5.11 Å². The smallest absolute Gasteiger partial charge is 0.0850 e. The molecule has 0 spiro atoms. The van der Waals surface area contributed by atoms with E-state index in [1.807, 2.05) is 18.4 Å². The van der Waals surface area contributed by atoms with E-state index in [1.165, 1.54) is 4.88 Å². The number of hydrogen-bond acceptors (Lipinski definition) is 3. The summed E-state index contributed by atoms with van der Waals surface area (Å²) in [5, 5.41) is 12.2. The van der Waals surface area contributed by atoms with E-state index in [2.05, 4.69) is 22.9 Å². The largest absolute Gasteiger partial charge is 0.390 e. The third-order valence-electron chi connectivity index (χ3n) is 2.47. The summed E-state index contributed by atoms with van der Waals surface area (Å²) in [5.41, 5.74) is 0. The quantitative estimate of drug-likeness (QED) is 0.833. The summed E-state index contributed by atoms with van der Waals surface area (Å²) < 4.78 is 6.66. The number of thiophene rings is 1. The average Bonchev–Trinajstić information content (AvgIpc) is 2.64. The lowest BCUT2D eigenvalue weighted by Gasteiger charge is -2.22. The minimum absolute atomic E-state index is 0.0380. The molecule has 1 aromatic heterocycles. The molecule has 0 bridgehead atoms. The van der Waals surface area contributed by atoms with Crippen molar-refractivity contribution >= 4 is 27.3 Å². The second-order valence-corrected chi connectivity index (χ2v) is 5.60. The van der Waals surface area contributed by atoms with Gasteiger partial charge in [0.2, 0.25) is 0 Å². The van der Waals surface area contributed by atoms with Gasteiger partial charge in [0.15, 0.2) is 0 Å². The van der Waals surface area contributed by atoms with Crippen LogP contribution < -0.4 is 0 Å². The highest BCUT2D eigenvalue weighted by Gasteiger charge is 2.20. The van der Waals surface area contributed by atoms with Gasteiger partial charge in [-0.3, -0.25) is 0 Å². The molecule has 0 saturated carbocycles. The highest BCUT2D eigenvalue weighted by Crippen LogP contribution is 2.25. The molecule has 0 saturated heterocycles. The Morgan fingerprint density at radius 2 is 2.25 bits per heavy atom. The van der Waals surface area contributed by atoms with Gasteiger partial charge >= 0.3 is 0 Å². The third-order valence-corrected chi connectivity index (χ3v) is 4.42. The van der Waals surface area contributed by atoms with E-state index in [1.54, 1.807) is 11.3 Å². The summed E-state index contributed by atoms with van der Waals surface area (Å²) in [4.78, 5) is 1.19. The first-order chi connectivity index (χ1) is 7.69. The van der Waals surface area contributed by atoms with Crippen LogP contribution in [-0.2, 0) is 11.2 Å². The molecular weight excluding hydrogens is 288 g/mol. The van der Waals surface area contributed by atoms with Gasteiger partial charge in [-0.15, -0.1) is 11.3 Å². The zero-order valence-electron chi connectivity index (χ0n) is 9.78. The third kappa shape index (κ3) is 4.17. The maximum absolute atomic E-state index is 10.1. The Balaban J connectivity index is 2.54. The standard InChI is InChI=1S/C12H19BrO2S/c1-3-5-11(15-4-2)10(14)8-12-9(13)6-7-16-12/h6-7,10-11,14H,3-5,8H2,1-2H3. The Hall–Kier alpha value is 0.100. The zero-order valence-corrected chi connectivity index (χ0v) is 12.2. The Morgan fingerprint density at radius 3 is 2.75 bits per heavy atom. The highest BCUT2D eigenvalue weighted by molar-refractivity contribution is 9.10. The molecule has 4 heteroatoms. The first-order valence-corrected chi connectivity index (χ1v) is 7.37.